The molecule has 2 atom stereocenters. The second kappa shape index (κ2) is 9.07. The van der Waals surface area contributed by atoms with E-state index in [1.807, 2.05) is 41.3 Å². The molecule has 0 unspecified atom stereocenters. The van der Waals surface area contributed by atoms with Crippen LogP contribution in [0.4, 0.5) is 11.4 Å². The van der Waals surface area contributed by atoms with Crippen LogP contribution >= 0.6 is 12.2 Å². The Morgan fingerprint density at radius 3 is 2.53 bits per heavy atom. The quantitative estimate of drug-likeness (QED) is 0.210. The number of anilines is 1. The molecule has 170 valence electrons. The molecule has 8 heteroatoms. The van der Waals surface area contributed by atoms with E-state index in [1.54, 1.807) is 30.5 Å². The Balaban J connectivity index is 1.60. The minimum absolute atomic E-state index is 0.00301. The summed E-state index contributed by atoms with van der Waals surface area (Å²) in [7, 11) is 0. The molecule has 2 aromatic heterocycles. The Morgan fingerprint density at radius 2 is 1.82 bits per heavy atom. The molecular weight excluding hydrogens is 448 g/mol. The molecule has 1 N–H and O–H groups in total. The van der Waals surface area contributed by atoms with Gasteiger partial charge in [-0.25, -0.2) is 0 Å². The maximum atomic E-state index is 11.5. The van der Waals surface area contributed by atoms with Crippen molar-refractivity contribution in [2.45, 2.75) is 25.4 Å². The predicted molar refractivity (Wildman–Crippen MR) is 135 cm³/mol. The van der Waals surface area contributed by atoms with Gasteiger partial charge in [-0.1, -0.05) is 37.3 Å². The highest BCUT2D eigenvalue weighted by Crippen LogP contribution is 2.43. The van der Waals surface area contributed by atoms with Gasteiger partial charge in [0.25, 0.3) is 5.69 Å². The van der Waals surface area contributed by atoms with Crippen molar-refractivity contribution in [3.63, 3.8) is 0 Å². The van der Waals surface area contributed by atoms with Crippen LogP contribution in [0.1, 0.15) is 36.0 Å². The fraction of sp³-hybridized carbons (Fsp3) is 0.154. The number of rotatable bonds is 6. The lowest BCUT2D eigenvalue weighted by molar-refractivity contribution is -0.384. The number of furan rings is 1. The highest BCUT2D eigenvalue weighted by molar-refractivity contribution is 7.80. The Labute approximate surface area is 202 Å². The minimum atomic E-state index is -0.401. The molecule has 0 radical (unpaired) electrons. The Morgan fingerprint density at radius 1 is 1.06 bits per heavy atom. The first kappa shape index (κ1) is 21.8. The van der Waals surface area contributed by atoms with E-state index in [-0.39, 0.29) is 17.8 Å². The van der Waals surface area contributed by atoms with Gasteiger partial charge in [0.2, 0.25) is 0 Å². The third-order valence-electron chi connectivity index (χ3n) is 6.01. The molecule has 1 aliphatic heterocycles. The number of pyridine rings is 1. The lowest BCUT2D eigenvalue weighted by Crippen LogP contribution is -2.29. The standard InChI is InChI=1S/C26H22N4O3S/c1-2-17-10-12-18(13-11-17)29-25(24(28-26(29)34)20-8-5-6-16-27-20)23-15-14-22(33-23)19-7-3-4-9-21(19)30(31)32/h3-16,24-25H,2H2,1H3,(H,28,34)/t24-,25-/m0/s1. The van der Waals surface area contributed by atoms with E-state index < -0.39 is 4.92 Å². The molecule has 34 heavy (non-hydrogen) atoms. The van der Waals surface area contributed by atoms with Crippen LogP contribution in [0.2, 0.25) is 0 Å². The fourth-order valence-electron chi connectivity index (χ4n) is 4.31. The molecule has 4 aromatic rings. The summed E-state index contributed by atoms with van der Waals surface area (Å²) in [6, 6.07) is 23.6. The molecule has 0 amide bonds. The van der Waals surface area contributed by atoms with E-state index in [0.29, 0.717) is 22.2 Å². The molecule has 7 nitrogen and oxygen atoms in total. The maximum absolute atomic E-state index is 11.5. The van der Waals surface area contributed by atoms with Crippen LogP contribution in [0.5, 0.6) is 0 Å². The van der Waals surface area contributed by atoms with Gasteiger partial charge in [0.1, 0.15) is 17.6 Å². The van der Waals surface area contributed by atoms with E-state index in [2.05, 4.69) is 29.4 Å². The zero-order chi connectivity index (χ0) is 23.7. The largest absolute Gasteiger partial charge is 0.459 e. The van der Waals surface area contributed by atoms with Gasteiger partial charge in [0.15, 0.2) is 5.11 Å². The van der Waals surface area contributed by atoms with Gasteiger partial charge in [0.05, 0.1) is 22.2 Å². The molecule has 1 saturated heterocycles. The highest BCUT2D eigenvalue weighted by atomic mass is 32.1. The summed E-state index contributed by atoms with van der Waals surface area (Å²) in [6.45, 7) is 2.12. The molecule has 2 aromatic carbocycles. The number of hydrogen-bond donors (Lipinski definition) is 1. The second-order valence-corrected chi connectivity index (χ2v) is 8.38. The highest BCUT2D eigenvalue weighted by Gasteiger charge is 2.42. The number of nitro groups is 1. The smallest absolute Gasteiger partial charge is 0.280 e. The van der Waals surface area contributed by atoms with Crippen molar-refractivity contribution in [2.24, 2.45) is 0 Å². The van der Waals surface area contributed by atoms with Crippen molar-refractivity contribution >= 4 is 28.7 Å². The number of thiocarbonyl (C=S) groups is 1. The number of nitrogens with one attached hydrogen (secondary N) is 1. The van der Waals surface area contributed by atoms with Gasteiger partial charge in [-0.15, -0.1) is 0 Å². The average Bonchev–Trinajstić information content (AvgIpc) is 3.49. The van der Waals surface area contributed by atoms with Crippen LogP contribution in [-0.2, 0) is 6.42 Å². The summed E-state index contributed by atoms with van der Waals surface area (Å²) in [6.07, 6.45) is 2.69. The van der Waals surface area contributed by atoms with E-state index in [4.69, 9.17) is 16.6 Å². The Kier molecular flexibility index (Phi) is 5.81. The van der Waals surface area contributed by atoms with Crippen LogP contribution in [0.15, 0.2) is 89.5 Å². The molecule has 0 bridgehead atoms. The average molecular weight is 471 g/mol. The third kappa shape index (κ3) is 3.92. The van der Waals surface area contributed by atoms with Crippen LogP contribution in [0.3, 0.4) is 0 Å². The van der Waals surface area contributed by atoms with Crippen molar-refractivity contribution in [1.29, 1.82) is 0 Å². The molecule has 5 rings (SSSR count). The number of para-hydroxylation sites is 1. The molecule has 3 heterocycles. The van der Waals surface area contributed by atoms with Crippen molar-refractivity contribution < 1.29 is 9.34 Å². The van der Waals surface area contributed by atoms with Crippen molar-refractivity contribution in [3.05, 3.63) is 112 Å². The fourth-order valence-corrected chi connectivity index (χ4v) is 4.66. The first-order valence-electron chi connectivity index (χ1n) is 11.0. The number of benzene rings is 2. The van der Waals surface area contributed by atoms with Crippen molar-refractivity contribution in [3.8, 4) is 11.3 Å². The molecule has 1 fully saturated rings. The SMILES string of the molecule is CCc1ccc(N2C(=S)N[C@@H](c3ccccn3)[C@@H]2c2ccc(-c3ccccc3[N+](=O)[O-])o2)cc1. The monoisotopic (exact) mass is 470 g/mol. The first-order valence-corrected chi connectivity index (χ1v) is 11.4. The van der Waals surface area contributed by atoms with Crippen LogP contribution in [0.25, 0.3) is 11.3 Å². The summed E-state index contributed by atoms with van der Waals surface area (Å²) in [5, 5.41) is 15.5. The van der Waals surface area contributed by atoms with Crippen LogP contribution in [0, 0.1) is 10.1 Å². The summed E-state index contributed by atoms with van der Waals surface area (Å²) in [4.78, 5) is 17.7. The number of nitro benzene ring substituents is 1. The lowest BCUT2D eigenvalue weighted by atomic mass is 10.0. The topological polar surface area (TPSA) is 84.4 Å². The van der Waals surface area contributed by atoms with Crippen LogP contribution < -0.4 is 10.2 Å². The van der Waals surface area contributed by atoms with Crippen molar-refractivity contribution in [1.82, 2.24) is 10.3 Å². The molecule has 0 saturated carbocycles. The Hall–Kier alpha value is -4.04. The molecular formula is C26H22N4O3S. The van der Waals surface area contributed by atoms with E-state index >= 15 is 0 Å². The van der Waals surface area contributed by atoms with Gasteiger partial charge in [0, 0.05) is 18.0 Å². The minimum Gasteiger partial charge on any atom is -0.459 e. The van der Waals surface area contributed by atoms with E-state index in [9.17, 15) is 10.1 Å². The van der Waals surface area contributed by atoms with Gasteiger partial charge >= 0.3 is 0 Å². The maximum Gasteiger partial charge on any atom is 0.280 e. The molecule has 0 spiro atoms. The van der Waals surface area contributed by atoms with Crippen LogP contribution in [-0.4, -0.2) is 15.0 Å². The number of nitrogens with zero attached hydrogens (tertiary/aromatic N) is 3. The van der Waals surface area contributed by atoms with Gasteiger partial charge < -0.3 is 14.6 Å². The van der Waals surface area contributed by atoms with Crippen molar-refractivity contribution in [2.75, 3.05) is 4.90 Å². The number of aromatic nitrogens is 1. The zero-order valence-electron chi connectivity index (χ0n) is 18.4. The summed E-state index contributed by atoms with van der Waals surface area (Å²) >= 11 is 5.75. The van der Waals surface area contributed by atoms with E-state index in [1.165, 1.54) is 11.6 Å². The Bertz CT molecular complexity index is 1340. The molecule has 1 aliphatic rings. The lowest BCUT2D eigenvalue weighted by Gasteiger charge is -2.26. The second-order valence-electron chi connectivity index (χ2n) is 7.99. The first-order chi connectivity index (χ1) is 16.6. The predicted octanol–water partition coefficient (Wildman–Crippen LogP) is 5.99. The normalized spacial score (nSPS) is 17.6. The summed E-state index contributed by atoms with van der Waals surface area (Å²) in [5.41, 5.74) is 3.42. The molecule has 0 aliphatic carbocycles. The number of hydrogen-bond acceptors (Lipinski definition) is 5. The van der Waals surface area contributed by atoms with E-state index in [0.717, 1.165) is 17.8 Å². The number of aryl methyl sites for hydroxylation is 1. The van der Waals surface area contributed by atoms with Gasteiger partial charge in [-0.3, -0.25) is 15.1 Å². The zero-order valence-corrected chi connectivity index (χ0v) is 19.2. The van der Waals surface area contributed by atoms with Gasteiger partial charge in [-0.05, 0) is 66.7 Å². The third-order valence-corrected chi connectivity index (χ3v) is 6.32. The summed E-state index contributed by atoms with van der Waals surface area (Å²) in [5.74, 6) is 1.07. The van der Waals surface area contributed by atoms with Gasteiger partial charge in [-0.2, -0.15) is 0 Å². The summed E-state index contributed by atoms with van der Waals surface area (Å²) < 4.78 is 6.27.